The molecule has 2 aromatic carbocycles. The van der Waals surface area contributed by atoms with Crippen LogP contribution in [0.4, 0.5) is 0 Å². The first kappa shape index (κ1) is 17.5. The molecule has 0 radical (unpaired) electrons. The van der Waals surface area contributed by atoms with Crippen molar-refractivity contribution in [2.75, 3.05) is 0 Å². The monoisotopic (exact) mass is 401 g/mol. The molecule has 0 bridgehead atoms. The SMILES string of the molecule is Cc1ccc([C@@H](c2[se]nnc2-c2ccccc2)C(C)(C)[N+](=O)[O-])cc1. The van der Waals surface area contributed by atoms with E-state index in [1.165, 1.54) is 0 Å². The fraction of sp³-hybridized carbons (Fsp3) is 0.263. The molecular formula is C19H19N3O2Se. The Balaban J connectivity index is 2.19. The molecule has 0 saturated carbocycles. The van der Waals surface area contributed by atoms with E-state index in [2.05, 4.69) is 9.19 Å². The van der Waals surface area contributed by atoms with Gasteiger partial charge in [0, 0.05) is 0 Å². The standard InChI is InChI=1S/C19H19N3O2Se/c1-13-9-11-14(12-10-13)16(19(2,3)22(23)24)18-17(20-21-25-18)15-7-5-4-6-8-15/h4-12,16H,1-3H3/t16-/m0/s1. The second-order valence-corrected chi connectivity index (χ2v) is 8.25. The van der Waals surface area contributed by atoms with Gasteiger partial charge >= 0.3 is 153 Å². The second-order valence-electron chi connectivity index (χ2n) is 6.61. The van der Waals surface area contributed by atoms with Crippen LogP contribution >= 0.6 is 0 Å². The van der Waals surface area contributed by atoms with Gasteiger partial charge in [-0.3, -0.25) is 0 Å². The Hall–Kier alpha value is -2.30. The van der Waals surface area contributed by atoms with Gasteiger partial charge in [0.05, 0.1) is 0 Å². The van der Waals surface area contributed by atoms with E-state index in [-0.39, 0.29) is 25.6 Å². The van der Waals surface area contributed by atoms with E-state index in [4.69, 9.17) is 0 Å². The zero-order valence-corrected chi connectivity index (χ0v) is 16.1. The van der Waals surface area contributed by atoms with Crippen LogP contribution < -0.4 is 0 Å². The molecular weight excluding hydrogens is 381 g/mol. The van der Waals surface area contributed by atoms with Crippen molar-refractivity contribution in [2.45, 2.75) is 32.2 Å². The number of hydrogen-bond donors (Lipinski definition) is 0. The number of hydrogen-bond acceptors (Lipinski definition) is 4. The van der Waals surface area contributed by atoms with Gasteiger partial charge in [-0.15, -0.1) is 0 Å². The minimum absolute atomic E-state index is 0.193. The molecule has 3 aromatic rings. The van der Waals surface area contributed by atoms with Gasteiger partial charge in [-0.2, -0.15) is 0 Å². The van der Waals surface area contributed by atoms with Crippen LogP contribution in [0.1, 0.15) is 35.3 Å². The van der Waals surface area contributed by atoms with Crippen LogP contribution in [0.5, 0.6) is 0 Å². The molecule has 0 saturated heterocycles. The minimum atomic E-state index is -1.15. The van der Waals surface area contributed by atoms with Gasteiger partial charge in [0.25, 0.3) is 0 Å². The van der Waals surface area contributed by atoms with E-state index < -0.39 is 5.54 Å². The van der Waals surface area contributed by atoms with Gasteiger partial charge in [-0.25, -0.2) is 0 Å². The van der Waals surface area contributed by atoms with E-state index in [1.54, 1.807) is 13.8 Å². The average Bonchev–Trinajstić information content (AvgIpc) is 3.06. The average molecular weight is 400 g/mol. The van der Waals surface area contributed by atoms with E-state index >= 15 is 0 Å². The van der Waals surface area contributed by atoms with Crippen LogP contribution in [0.15, 0.2) is 54.6 Å². The molecule has 0 unspecified atom stereocenters. The van der Waals surface area contributed by atoms with Gasteiger partial charge in [0.15, 0.2) is 0 Å². The van der Waals surface area contributed by atoms with Crippen LogP contribution in [0.3, 0.4) is 0 Å². The van der Waals surface area contributed by atoms with Crippen molar-refractivity contribution in [2.24, 2.45) is 0 Å². The van der Waals surface area contributed by atoms with Crippen molar-refractivity contribution in [3.8, 4) is 11.3 Å². The summed E-state index contributed by atoms with van der Waals surface area (Å²) in [6, 6.07) is 17.7. The molecule has 0 N–H and O–H groups in total. The Bertz CT molecular complexity index is 873. The van der Waals surface area contributed by atoms with Gasteiger partial charge in [-0.05, 0) is 0 Å². The molecule has 5 nitrogen and oxygen atoms in total. The number of aromatic nitrogens is 2. The molecule has 3 rings (SSSR count). The second kappa shape index (κ2) is 6.90. The van der Waals surface area contributed by atoms with Crippen LogP contribution in [0.2, 0.25) is 0 Å². The van der Waals surface area contributed by atoms with Crippen LogP contribution in [-0.2, 0) is 0 Å². The molecule has 128 valence electrons. The van der Waals surface area contributed by atoms with Crippen molar-refractivity contribution in [3.63, 3.8) is 0 Å². The fourth-order valence-electron chi connectivity index (χ4n) is 2.93. The van der Waals surface area contributed by atoms with Crippen molar-refractivity contribution in [1.82, 2.24) is 9.19 Å². The van der Waals surface area contributed by atoms with Gasteiger partial charge in [0.2, 0.25) is 0 Å². The summed E-state index contributed by atoms with van der Waals surface area (Å²) in [4.78, 5) is 11.6. The Morgan fingerprint density at radius 3 is 2.32 bits per heavy atom. The fourth-order valence-corrected chi connectivity index (χ4v) is 5.00. The number of aryl methyl sites for hydroxylation is 1. The van der Waals surface area contributed by atoms with Crippen LogP contribution in [-0.4, -0.2) is 34.4 Å². The number of benzene rings is 2. The van der Waals surface area contributed by atoms with Crippen LogP contribution in [0, 0.1) is 17.0 Å². The van der Waals surface area contributed by atoms with Gasteiger partial charge in [0.1, 0.15) is 0 Å². The molecule has 0 aliphatic carbocycles. The molecule has 1 heterocycles. The number of rotatable bonds is 5. The third kappa shape index (κ3) is 3.41. The van der Waals surface area contributed by atoms with Crippen molar-refractivity contribution < 1.29 is 4.92 Å². The number of nitrogens with zero attached hydrogens (tertiary/aromatic N) is 3. The van der Waals surface area contributed by atoms with Crippen LogP contribution in [0.25, 0.3) is 11.3 Å². The topological polar surface area (TPSA) is 68.9 Å². The first-order valence-corrected chi connectivity index (χ1v) is 9.62. The molecule has 0 amide bonds. The first-order chi connectivity index (χ1) is 11.9. The van der Waals surface area contributed by atoms with E-state index in [0.717, 1.165) is 26.8 Å². The summed E-state index contributed by atoms with van der Waals surface area (Å²) in [5.74, 6) is -0.367. The quantitative estimate of drug-likeness (QED) is 0.372. The Labute approximate surface area is 152 Å². The molecule has 6 heteroatoms. The number of nitro groups is 1. The van der Waals surface area contributed by atoms with Crippen molar-refractivity contribution in [1.29, 1.82) is 0 Å². The Morgan fingerprint density at radius 1 is 1.08 bits per heavy atom. The summed E-state index contributed by atoms with van der Waals surface area (Å²) in [5.41, 5.74) is 2.65. The summed E-state index contributed by atoms with van der Waals surface area (Å²) in [7, 11) is 0. The molecule has 1 atom stereocenters. The normalized spacial score (nSPS) is 12.8. The predicted octanol–water partition coefficient (Wildman–Crippen LogP) is 3.70. The zero-order chi connectivity index (χ0) is 18.0. The summed E-state index contributed by atoms with van der Waals surface area (Å²) in [6.07, 6.45) is 0. The Kier molecular flexibility index (Phi) is 4.84. The van der Waals surface area contributed by atoms with E-state index in [0.29, 0.717) is 0 Å². The van der Waals surface area contributed by atoms with Gasteiger partial charge in [-0.1, -0.05) is 0 Å². The van der Waals surface area contributed by atoms with Crippen molar-refractivity contribution >= 4 is 14.7 Å². The molecule has 1 aromatic heterocycles. The Morgan fingerprint density at radius 2 is 1.72 bits per heavy atom. The third-order valence-corrected chi connectivity index (χ3v) is 6.07. The molecule has 0 aliphatic rings. The van der Waals surface area contributed by atoms with Gasteiger partial charge < -0.3 is 0 Å². The predicted molar refractivity (Wildman–Crippen MR) is 98.5 cm³/mol. The third-order valence-electron chi connectivity index (χ3n) is 4.41. The summed E-state index contributed by atoms with van der Waals surface area (Å²) >= 11 is -0.242. The molecule has 25 heavy (non-hydrogen) atoms. The van der Waals surface area contributed by atoms with Crippen molar-refractivity contribution in [3.05, 3.63) is 80.3 Å². The van der Waals surface area contributed by atoms with E-state index in [9.17, 15) is 10.1 Å². The maximum atomic E-state index is 11.8. The summed E-state index contributed by atoms with van der Waals surface area (Å²) in [5, 5.41) is 16.2. The summed E-state index contributed by atoms with van der Waals surface area (Å²) in [6.45, 7) is 5.37. The molecule has 0 spiro atoms. The summed E-state index contributed by atoms with van der Waals surface area (Å²) < 4.78 is 5.21. The van der Waals surface area contributed by atoms with E-state index in [1.807, 2.05) is 61.5 Å². The maximum absolute atomic E-state index is 11.8. The molecule has 0 aliphatic heterocycles. The first-order valence-electron chi connectivity index (χ1n) is 8.00. The zero-order valence-electron chi connectivity index (χ0n) is 14.3. The molecule has 0 fully saturated rings.